The van der Waals surface area contributed by atoms with Gasteiger partial charge in [0.05, 0.1) is 10.6 Å². The number of rotatable bonds is 8. The van der Waals surface area contributed by atoms with Crippen LogP contribution in [0.25, 0.3) is 0 Å². The van der Waals surface area contributed by atoms with Crippen molar-refractivity contribution in [2.24, 2.45) is 28.3 Å². The molecule has 3 unspecified atom stereocenters. The lowest BCUT2D eigenvalue weighted by molar-refractivity contribution is -0.0165. The number of hydrogen-bond acceptors (Lipinski definition) is 4. The molecule has 26 heavy (non-hydrogen) atoms. The van der Waals surface area contributed by atoms with Crippen molar-refractivity contribution >= 4 is 17.0 Å². The van der Waals surface area contributed by atoms with Crippen LogP contribution in [0.4, 0.5) is 0 Å². The number of thiophene rings is 1. The Bertz CT molecular complexity index is 565. The molecule has 2 aliphatic carbocycles. The monoisotopic (exact) mass is 376 g/mol. The fourth-order valence-electron chi connectivity index (χ4n) is 5.02. The van der Waals surface area contributed by atoms with Gasteiger partial charge in [0.15, 0.2) is 0 Å². The van der Waals surface area contributed by atoms with Gasteiger partial charge in [-0.05, 0) is 87.1 Å². The third kappa shape index (κ3) is 4.89. The number of hydrogen-bond donors (Lipinski definition) is 1. The van der Waals surface area contributed by atoms with E-state index in [0.29, 0.717) is 5.41 Å². The summed E-state index contributed by atoms with van der Waals surface area (Å²) in [5.41, 5.74) is 1.55. The van der Waals surface area contributed by atoms with Crippen LogP contribution in [0.3, 0.4) is 0 Å². The normalized spacial score (nSPS) is 29.4. The van der Waals surface area contributed by atoms with E-state index in [1.807, 2.05) is 13.0 Å². The minimum absolute atomic E-state index is 0.106. The van der Waals surface area contributed by atoms with Gasteiger partial charge in [-0.2, -0.15) is 0 Å². The number of oxime groups is 1. The molecule has 0 aliphatic heterocycles. The molecule has 2 fully saturated rings. The fraction of sp³-hybridized carbons (Fsp3) is 0.773. The molecular formula is C22H36N2OS. The average molecular weight is 377 g/mol. The lowest BCUT2D eigenvalue weighted by Crippen LogP contribution is -2.43. The smallest absolute Gasteiger partial charge is 0.137 e. The molecule has 3 rings (SSSR count). The van der Waals surface area contributed by atoms with Crippen molar-refractivity contribution in [2.75, 3.05) is 13.1 Å². The Balaban J connectivity index is 1.34. The summed E-state index contributed by atoms with van der Waals surface area (Å²) in [5, 5.41) is 9.93. The molecule has 3 atom stereocenters. The third-order valence-corrected chi connectivity index (χ3v) is 7.83. The highest BCUT2D eigenvalue weighted by Gasteiger charge is 2.45. The van der Waals surface area contributed by atoms with Crippen molar-refractivity contribution in [3.63, 3.8) is 0 Å². The number of fused-ring (bicyclic) bond motifs is 2. The van der Waals surface area contributed by atoms with Crippen molar-refractivity contribution in [3.8, 4) is 0 Å². The van der Waals surface area contributed by atoms with E-state index in [0.717, 1.165) is 36.6 Å². The van der Waals surface area contributed by atoms with Crippen LogP contribution >= 0.6 is 11.3 Å². The van der Waals surface area contributed by atoms with Crippen LogP contribution in [0.2, 0.25) is 0 Å². The van der Waals surface area contributed by atoms with Gasteiger partial charge in [-0.3, -0.25) is 0 Å². The molecule has 0 spiro atoms. The van der Waals surface area contributed by atoms with E-state index in [9.17, 15) is 0 Å². The second kappa shape index (κ2) is 8.88. The van der Waals surface area contributed by atoms with Crippen LogP contribution < -0.4 is 5.32 Å². The van der Waals surface area contributed by atoms with Gasteiger partial charge in [0.1, 0.15) is 6.10 Å². The quantitative estimate of drug-likeness (QED) is 0.358. The maximum atomic E-state index is 5.64. The van der Waals surface area contributed by atoms with E-state index in [1.165, 1.54) is 43.4 Å². The molecule has 3 nitrogen and oxygen atoms in total. The van der Waals surface area contributed by atoms with Gasteiger partial charge in [0.2, 0.25) is 0 Å². The van der Waals surface area contributed by atoms with Gasteiger partial charge >= 0.3 is 0 Å². The molecule has 1 aromatic rings. The minimum Gasteiger partial charge on any atom is -0.391 e. The highest BCUT2D eigenvalue weighted by atomic mass is 32.1. The van der Waals surface area contributed by atoms with E-state index in [2.05, 4.69) is 42.7 Å². The van der Waals surface area contributed by atoms with Gasteiger partial charge < -0.3 is 10.2 Å². The molecule has 0 radical (unpaired) electrons. The Labute approximate surface area is 163 Å². The van der Waals surface area contributed by atoms with Crippen LogP contribution in [0.1, 0.15) is 71.1 Å². The molecular weight excluding hydrogens is 340 g/mol. The first-order valence-corrected chi connectivity index (χ1v) is 11.3. The molecule has 2 saturated carbocycles. The zero-order valence-electron chi connectivity index (χ0n) is 17.0. The Kier molecular flexibility index (Phi) is 6.79. The van der Waals surface area contributed by atoms with Crippen LogP contribution in [0.15, 0.2) is 22.7 Å². The van der Waals surface area contributed by atoms with Gasteiger partial charge in [-0.15, -0.1) is 11.3 Å². The minimum atomic E-state index is 0.106. The van der Waals surface area contributed by atoms with Crippen LogP contribution in [0.5, 0.6) is 0 Å². The summed E-state index contributed by atoms with van der Waals surface area (Å²) >= 11 is 1.70. The van der Waals surface area contributed by atoms with E-state index in [-0.39, 0.29) is 6.10 Å². The summed E-state index contributed by atoms with van der Waals surface area (Å²) in [4.78, 5) is 6.82. The topological polar surface area (TPSA) is 33.6 Å². The zero-order chi connectivity index (χ0) is 18.6. The SMILES string of the molecule is CC(=NOC(C)CNCCC1CC2CCCC(C1)C2(C)C)c1cccs1. The Morgan fingerprint density at radius 2 is 2.08 bits per heavy atom. The predicted molar refractivity (Wildman–Crippen MR) is 112 cm³/mol. The molecule has 2 aliphatic rings. The zero-order valence-corrected chi connectivity index (χ0v) is 17.8. The van der Waals surface area contributed by atoms with Crippen molar-refractivity contribution in [3.05, 3.63) is 22.4 Å². The summed E-state index contributed by atoms with van der Waals surface area (Å²) < 4.78 is 0. The molecule has 1 N–H and O–H groups in total. The molecule has 0 saturated heterocycles. The maximum Gasteiger partial charge on any atom is 0.137 e. The first kappa shape index (κ1) is 19.9. The standard InChI is InChI=1S/C22H36N2OS/c1-16(25-24-17(2)21-9-6-12-26-21)15-23-11-10-18-13-19-7-5-8-20(14-18)22(19,3)4/h6,9,12,16,18-20,23H,5,7-8,10-11,13-15H2,1-4H3. The molecule has 0 aromatic carbocycles. The van der Waals surface area contributed by atoms with Crippen molar-refractivity contribution in [1.29, 1.82) is 0 Å². The number of nitrogens with one attached hydrogen (secondary N) is 1. The fourth-order valence-corrected chi connectivity index (χ4v) is 5.68. The van der Waals surface area contributed by atoms with Crippen molar-refractivity contribution in [1.82, 2.24) is 5.32 Å². The van der Waals surface area contributed by atoms with Gasteiger partial charge in [0, 0.05) is 6.54 Å². The Morgan fingerprint density at radius 1 is 1.35 bits per heavy atom. The lowest BCUT2D eigenvalue weighted by atomic mass is 9.54. The van der Waals surface area contributed by atoms with E-state index < -0.39 is 0 Å². The summed E-state index contributed by atoms with van der Waals surface area (Å²) in [6.45, 7) is 11.1. The molecule has 4 heteroatoms. The molecule has 1 aromatic heterocycles. The van der Waals surface area contributed by atoms with Crippen LogP contribution in [-0.2, 0) is 4.84 Å². The van der Waals surface area contributed by atoms with Crippen LogP contribution in [-0.4, -0.2) is 24.9 Å². The van der Waals surface area contributed by atoms with Crippen molar-refractivity contribution in [2.45, 2.75) is 72.3 Å². The second-order valence-corrected chi connectivity index (χ2v) is 9.99. The highest BCUT2D eigenvalue weighted by molar-refractivity contribution is 7.12. The largest absolute Gasteiger partial charge is 0.391 e. The lowest BCUT2D eigenvalue weighted by Gasteiger charge is -2.52. The second-order valence-electron chi connectivity index (χ2n) is 9.05. The Morgan fingerprint density at radius 3 is 2.73 bits per heavy atom. The summed E-state index contributed by atoms with van der Waals surface area (Å²) in [6, 6.07) is 4.13. The van der Waals surface area contributed by atoms with E-state index in [4.69, 9.17) is 4.84 Å². The molecule has 2 bridgehead atoms. The van der Waals surface area contributed by atoms with Crippen LogP contribution in [0, 0.1) is 23.2 Å². The molecule has 146 valence electrons. The van der Waals surface area contributed by atoms with Gasteiger partial charge in [-0.1, -0.05) is 31.5 Å². The van der Waals surface area contributed by atoms with Crippen molar-refractivity contribution < 1.29 is 4.84 Å². The van der Waals surface area contributed by atoms with Gasteiger partial charge in [0.25, 0.3) is 0 Å². The Hall–Kier alpha value is -0.870. The maximum absolute atomic E-state index is 5.64. The summed E-state index contributed by atoms with van der Waals surface area (Å²) in [5.74, 6) is 2.83. The first-order valence-electron chi connectivity index (χ1n) is 10.4. The van der Waals surface area contributed by atoms with Gasteiger partial charge in [-0.25, -0.2) is 0 Å². The summed E-state index contributed by atoms with van der Waals surface area (Å²) in [7, 11) is 0. The molecule has 1 heterocycles. The van der Waals surface area contributed by atoms with E-state index in [1.54, 1.807) is 11.3 Å². The summed E-state index contributed by atoms with van der Waals surface area (Å²) in [6.07, 6.45) is 8.69. The predicted octanol–water partition coefficient (Wildman–Crippen LogP) is 5.71. The van der Waals surface area contributed by atoms with E-state index >= 15 is 0 Å². The average Bonchev–Trinajstić information content (AvgIpc) is 3.11. The number of nitrogens with zero attached hydrogens (tertiary/aromatic N) is 1. The first-order chi connectivity index (χ1) is 12.5. The molecule has 0 amide bonds. The third-order valence-electron chi connectivity index (χ3n) is 6.85. The highest BCUT2D eigenvalue weighted by Crippen LogP contribution is 2.54.